The lowest BCUT2D eigenvalue weighted by Gasteiger charge is -2.35. The molecule has 0 N–H and O–H groups in total. The Kier molecular flexibility index (Phi) is 7.34. The normalized spacial score (nSPS) is 18.7. The molecule has 1 aliphatic heterocycles. The van der Waals surface area contributed by atoms with Gasteiger partial charge >= 0.3 is 0 Å². The highest BCUT2D eigenvalue weighted by atomic mass is 32.2. The lowest BCUT2D eigenvalue weighted by Crippen LogP contribution is -2.46. The quantitative estimate of drug-likeness (QED) is 0.282. The van der Waals surface area contributed by atoms with Gasteiger partial charge in [-0.05, 0) is 49.1 Å². The monoisotopic (exact) mass is 523 g/mol. The Morgan fingerprint density at radius 1 is 0.711 bits per heavy atom. The molecule has 5 rings (SSSR count). The van der Waals surface area contributed by atoms with E-state index in [0.717, 1.165) is 23.1 Å². The summed E-state index contributed by atoms with van der Waals surface area (Å²) in [5, 5.41) is 0. The molecule has 0 spiro atoms. The molecule has 0 aromatic heterocycles. The third-order valence-corrected chi connectivity index (χ3v) is 8.33. The molecular weight excluding hydrogens is 490 g/mol. The first-order valence-electron chi connectivity index (χ1n) is 12.9. The van der Waals surface area contributed by atoms with E-state index in [0.29, 0.717) is 25.6 Å². The van der Waals surface area contributed by atoms with Crippen LogP contribution in [0.4, 0.5) is 0 Å². The van der Waals surface area contributed by atoms with Crippen LogP contribution in [-0.2, 0) is 29.5 Å². The predicted octanol–water partition coefficient (Wildman–Crippen LogP) is 6.06. The summed E-state index contributed by atoms with van der Waals surface area (Å²) < 4.78 is 31.8. The van der Waals surface area contributed by atoms with Crippen molar-refractivity contribution in [2.24, 2.45) is 4.40 Å². The summed E-state index contributed by atoms with van der Waals surface area (Å²) in [6.45, 7) is 5.92. The fraction of sp³-hybridized carbons (Fsp3) is 0.219. The molecular formula is C32H33N3O2S. The first kappa shape index (κ1) is 25.7. The van der Waals surface area contributed by atoms with Crippen molar-refractivity contribution >= 4 is 16.0 Å². The van der Waals surface area contributed by atoms with Gasteiger partial charge in [0.25, 0.3) is 10.0 Å². The summed E-state index contributed by atoms with van der Waals surface area (Å²) in [4.78, 5) is 4.50. The van der Waals surface area contributed by atoms with Gasteiger partial charge in [0, 0.05) is 19.6 Å². The van der Waals surface area contributed by atoms with Crippen LogP contribution in [0.15, 0.2) is 125 Å². The van der Waals surface area contributed by atoms with Crippen LogP contribution in [0.5, 0.6) is 0 Å². The van der Waals surface area contributed by atoms with E-state index in [9.17, 15) is 8.42 Å². The van der Waals surface area contributed by atoms with E-state index in [1.54, 1.807) is 12.1 Å². The molecule has 194 valence electrons. The minimum absolute atomic E-state index is 0.201. The lowest BCUT2D eigenvalue weighted by atomic mass is 9.91. The summed E-state index contributed by atoms with van der Waals surface area (Å²) in [6.07, 6.45) is 0.759. The van der Waals surface area contributed by atoms with E-state index in [2.05, 4.69) is 57.5 Å². The summed E-state index contributed by atoms with van der Waals surface area (Å²) in [5.74, 6) is 0.483. The van der Waals surface area contributed by atoms with E-state index in [1.165, 1.54) is 5.56 Å². The molecule has 1 saturated heterocycles. The van der Waals surface area contributed by atoms with E-state index >= 15 is 0 Å². The van der Waals surface area contributed by atoms with Crippen molar-refractivity contribution in [3.63, 3.8) is 0 Å². The molecule has 5 nitrogen and oxygen atoms in total. The summed E-state index contributed by atoms with van der Waals surface area (Å²) in [5.41, 5.74) is 4.04. The van der Waals surface area contributed by atoms with Crippen LogP contribution >= 0.6 is 0 Å². The minimum Gasteiger partial charge on any atom is -0.335 e. The van der Waals surface area contributed by atoms with E-state index < -0.39 is 10.0 Å². The van der Waals surface area contributed by atoms with Crippen LogP contribution < -0.4 is 0 Å². The van der Waals surface area contributed by atoms with Crippen LogP contribution in [0.1, 0.15) is 29.2 Å². The Morgan fingerprint density at radius 2 is 1.21 bits per heavy atom. The third kappa shape index (κ3) is 5.81. The number of nitrogens with zero attached hydrogens (tertiary/aromatic N) is 3. The third-order valence-electron chi connectivity index (χ3n) is 7.06. The van der Waals surface area contributed by atoms with Crippen molar-refractivity contribution in [2.45, 2.75) is 43.8 Å². The Bertz CT molecular complexity index is 1490. The van der Waals surface area contributed by atoms with E-state index in [1.807, 2.05) is 73.7 Å². The standard InChI is InChI=1S/C32H33N3O2S/c1-26-18-20-30(21-19-26)38(36,37)33-31-34(23-28-14-8-4-9-15-28)25-32(2,22-27-12-6-3-7-13-27)35(31)24-29-16-10-5-11-17-29/h3-21H,22-25H2,1-2H3/b33-31+. The first-order valence-corrected chi connectivity index (χ1v) is 14.3. The highest BCUT2D eigenvalue weighted by Gasteiger charge is 2.45. The number of aryl methyl sites for hydroxylation is 1. The van der Waals surface area contributed by atoms with Crippen molar-refractivity contribution < 1.29 is 8.42 Å². The van der Waals surface area contributed by atoms with Gasteiger partial charge in [-0.2, -0.15) is 8.42 Å². The molecule has 1 atom stereocenters. The maximum atomic E-state index is 13.6. The maximum absolute atomic E-state index is 13.6. The second-order valence-electron chi connectivity index (χ2n) is 10.3. The second-order valence-corrected chi connectivity index (χ2v) is 11.9. The molecule has 1 aliphatic rings. The minimum atomic E-state index is -3.93. The van der Waals surface area contributed by atoms with Crippen molar-refractivity contribution in [3.05, 3.63) is 138 Å². The van der Waals surface area contributed by atoms with Crippen molar-refractivity contribution in [1.82, 2.24) is 9.80 Å². The molecule has 38 heavy (non-hydrogen) atoms. The molecule has 0 saturated carbocycles. The van der Waals surface area contributed by atoms with Crippen LogP contribution in [0, 0.1) is 6.92 Å². The zero-order valence-electron chi connectivity index (χ0n) is 21.9. The average Bonchev–Trinajstić information content (AvgIpc) is 3.15. The molecule has 4 aromatic carbocycles. The number of benzene rings is 4. The number of hydrogen-bond donors (Lipinski definition) is 0. The molecule has 1 fully saturated rings. The Morgan fingerprint density at radius 3 is 1.76 bits per heavy atom. The molecule has 0 bridgehead atoms. The van der Waals surface area contributed by atoms with Crippen molar-refractivity contribution in [2.75, 3.05) is 6.54 Å². The van der Waals surface area contributed by atoms with E-state index in [-0.39, 0.29) is 10.4 Å². The average molecular weight is 524 g/mol. The number of guanidine groups is 1. The zero-order chi connectivity index (χ0) is 26.6. The van der Waals surface area contributed by atoms with Gasteiger partial charge in [0.05, 0.1) is 10.4 Å². The Balaban J connectivity index is 1.62. The van der Waals surface area contributed by atoms with Gasteiger partial charge in [-0.3, -0.25) is 0 Å². The SMILES string of the molecule is Cc1ccc(S(=O)(=O)/N=C2\N(Cc3ccccc3)CC(C)(Cc3ccccc3)N2Cc2ccccc2)cc1. The van der Waals surface area contributed by atoms with Gasteiger partial charge in [-0.1, -0.05) is 109 Å². The molecule has 6 heteroatoms. The predicted molar refractivity (Wildman–Crippen MR) is 153 cm³/mol. The largest absolute Gasteiger partial charge is 0.335 e. The zero-order valence-corrected chi connectivity index (χ0v) is 22.7. The molecule has 0 radical (unpaired) electrons. The summed E-state index contributed by atoms with van der Waals surface area (Å²) in [6, 6.07) is 37.6. The van der Waals surface area contributed by atoms with Gasteiger partial charge in [0.15, 0.2) is 0 Å². The van der Waals surface area contributed by atoms with Gasteiger partial charge in [-0.25, -0.2) is 0 Å². The molecule has 1 heterocycles. The van der Waals surface area contributed by atoms with Crippen molar-refractivity contribution in [1.29, 1.82) is 0 Å². The smallest absolute Gasteiger partial charge is 0.285 e. The van der Waals surface area contributed by atoms with Crippen LogP contribution in [0.25, 0.3) is 0 Å². The number of hydrogen-bond acceptors (Lipinski definition) is 2. The lowest BCUT2D eigenvalue weighted by molar-refractivity contribution is 0.211. The van der Waals surface area contributed by atoms with Crippen LogP contribution in [0.3, 0.4) is 0 Å². The molecule has 4 aromatic rings. The molecule has 0 aliphatic carbocycles. The fourth-order valence-electron chi connectivity index (χ4n) is 5.10. The highest BCUT2D eigenvalue weighted by molar-refractivity contribution is 7.90. The van der Waals surface area contributed by atoms with Crippen LogP contribution in [0.2, 0.25) is 0 Å². The van der Waals surface area contributed by atoms with E-state index in [4.69, 9.17) is 0 Å². The second kappa shape index (κ2) is 10.8. The summed E-state index contributed by atoms with van der Waals surface area (Å²) >= 11 is 0. The van der Waals surface area contributed by atoms with Crippen LogP contribution in [-0.4, -0.2) is 36.3 Å². The fourth-order valence-corrected chi connectivity index (χ4v) is 6.12. The maximum Gasteiger partial charge on any atom is 0.285 e. The highest BCUT2D eigenvalue weighted by Crippen LogP contribution is 2.34. The van der Waals surface area contributed by atoms with Crippen molar-refractivity contribution in [3.8, 4) is 0 Å². The molecule has 0 amide bonds. The Hall–Kier alpha value is -3.90. The first-order chi connectivity index (χ1) is 18.3. The summed E-state index contributed by atoms with van der Waals surface area (Å²) in [7, 11) is -3.93. The number of sulfonamides is 1. The van der Waals surface area contributed by atoms with Gasteiger partial charge in [0.1, 0.15) is 0 Å². The Labute approximate surface area is 226 Å². The molecule has 1 unspecified atom stereocenters. The van der Waals surface area contributed by atoms with Gasteiger partial charge < -0.3 is 9.80 Å². The number of rotatable bonds is 8. The van der Waals surface area contributed by atoms with Gasteiger partial charge in [0.2, 0.25) is 5.96 Å². The van der Waals surface area contributed by atoms with Gasteiger partial charge in [-0.15, -0.1) is 4.40 Å². The topological polar surface area (TPSA) is 53.0 Å².